The predicted octanol–water partition coefficient (Wildman–Crippen LogP) is 2.33. The third kappa shape index (κ3) is 2.29. The minimum atomic E-state index is 0.509. The summed E-state index contributed by atoms with van der Waals surface area (Å²) in [6, 6.07) is 0.759. The third-order valence-electron chi connectivity index (χ3n) is 3.92. The molecule has 82 valence electrons. The maximum Gasteiger partial charge on any atom is 0.0583 e. The highest BCUT2D eigenvalue weighted by Crippen LogP contribution is 2.33. The van der Waals surface area contributed by atoms with Crippen molar-refractivity contribution < 1.29 is 4.74 Å². The van der Waals surface area contributed by atoms with Crippen molar-refractivity contribution in [2.45, 2.75) is 63.7 Å². The Kier molecular flexibility index (Phi) is 3.45. The fraction of sp³-hybridized carbons (Fsp3) is 1.00. The van der Waals surface area contributed by atoms with Gasteiger partial charge in [-0.3, -0.25) is 0 Å². The highest BCUT2D eigenvalue weighted by Gasteiger charge is 2.31. The fourth-order valence-electron chi connectivity index (χ4n) is 3.10. The van der Waals surface area contributed by atoms with Crippen molar-refractivity contribution in [1.82, 2.24) is 5.32 Å². The van der Waals surface area contributed by atoms with E-state index in [0.29, 0.717) is 12.2 Å². The van der Waals surface area contributed by atoms with E-state index in [-0.39, 0.29) is 0 Å². The standard InChI is InChI=1S/C12H23NO/c1-9-6-7-11(14-9)8-10-4-3-5-12(10)13-2/h9-13H,3-8H2,1-2H3. The molecule has 1 saturated heterocycles. The second-order valence-corrected chi connectivity index (χ2v) is 4.97. The predicted molar refractivity (Wildman–Crippen MR) is 58.4 cm³/mol. The molecule has 1 aliphatic carbocycles. The lowest BCUT2D eigenvalue weighted by atomic mass is 9.95. The van der Waals surface area contributed by atoms with Crippen LogP contribution in [-0.4, -0.2) is 25.3 Å². The molecule has 2 aliphatic rings. The molecule has 0 bridgehead atoms. The first-order valence-electron chi connectivity index (χ1n) is 6.12. The molecule has 1 heterocycles. The highest BCUT2D eigenvalue weighted by atomic mass is 16.5. The number of ether oxygens (including phenoxy) is 1. The molecule has 14 heavy (non-hydrogen) atoms. The van der Waals surface area contributed by atoms with Crippen LogP contribution in [0.3, 0.4) is 0 Å². The van der Waals surface area contributed by atoms with Gasteiger partial charge in [-0.25, -0.2) is 0 Å². The minimum absolute atomic E-state index is 0.509. The van der Waals surface area contributed by atoms with Crippen LogP contribution in [-0.2, 0) is 4.74 Å². The summed E-state index contributed by atoms with van der Waals surface area (Å²) in [5.74, 6) is 0.871. The van der Waals surface area contributed by atoms with Crippen molar-refractivity contribution in [3.63, 3.8) is 0 Å². The maximum absolute atomic E-state index is 5.89. The van der Waals surface area contributed by atoms with Crippen LogP contribution in [0.2, 0.25) is 0 Å². The van der Waals surface area contributed by atoms with E-state index < -0.39 is 0 Å². The number of rotatable bonds is 3. The molecule has 2 fully saturated rings. The van der Waals surface area contributed by atoms with Crippen molar-refractivity contribution in [3.8, 4) is 0 Å². The minimum Gasteiger partial charge on any atom is -0.375 e. The van der Waals surface area contributed by atoms with Crippen LogP contribution in [0.15, 0.2) is 0 Å². The first-order chi connectivity index (χ1) is 6.79. The molecule has 0 aromatic rings. The van der Waals surface area contributed by atoms with Gasteiger partial charge in [0.2, 0.25) is 0 Å². The molecule has 4 unspecified atom stereocenters. The summed E-state index contributed by atoms with van der Waals surface area (Å²) >= 11 is 0. The molecule has 4 atom stereocenters. The lowest BCUT2D eigenvalue weighted by molar-refractivity contribution is 0.0391. The summed E-state index contributed by atoms with van der Waals surface area (Å²) in [5, 5.41) is 3.44. The first kappa shape index (κ1) is 10.4. The Labute approximate surface area is 87.4 Å². The van der Waals surface area contributed by atoms with Gasteiger partial charge in [0.25, 0.3) is 0 Å². The van der Waals surface area contributed by atoms with Gasteiger partial charge in [0.15, 0.2) is 0 Å². The Morgan fingerprint density at radius 3 is 2.71 bits per heavy atom. The molecule has 0 aromatic carbocycles. The Morgan fingerprint density at radius 2 is 2.07 bits per heavy atom. The molecule has 0 amide bonds. The summed E-state index contributed by atoms with van der Waals surface area (Å²) in [4.78, 5) is 0. The number of hydrogen-bond acceptors (Lipinski definition) is 2. The Bertz CT molecular complexity index is 183. The second-order valence-electron chi connectivity index (χ2n) is 4.97. The highest BCUT2D eigenvalue weighted by molar-refractivity contribution is 4.85. The van der Waals surface area contributed by atoms with Gasteiger partial charge in [-0.1, -0.05) is 6.42 Å². The molecular formula is C12H23NO. The topological polar surface area (TPSA) is 21.3 Å². The van der Waals surface area contributed by atoms with Crippen molar-refractivity contribution >= 4 is 0 Å². The van der Waals surface area contributed by atoms with E-state index in [0.717, 1.165) is 12.0 Å². The van der Waals surface area contributed by atoms with Crippen LogP contribution in [0.4, 0.5) is 0 Å². The molecular weight excluding hydrogens is 174 g/mol. The van der Waals surface area contributed by atoms with Crippen molar-refractivity contribution in [2.24, 2.45) is 5.92 Å². The van der Waals surface area contributed by atoms with Crippen molar-refractivity contribution in [1.29, 1.82) is 0 Å². The van der Waals surface area contributed by atoms with Gasteiger partial charge in [-0.15, -0.1) is 0 Å². The second kappa shape index (κ2) is 4.63. The quantitative estimate of drug-likeness (QED) is 0.750. The lowest BCUT2D eigenvalue weighted by Crippen LogP contribution is -2.31. The van der Waals surface area contributed by atoms with Crippen LogP contribution in [0.25, 0.3) is 0 Å². The van der Waals surface area contributed by atoms with Gasteiger partial charge in [-0.2, -0.15) is 0 Å². The average Bonchev–Trinajstić information content (AvgIpc) is 2.76. The van der Waals surface area contributed by atoms with Gasteiger partial charge >= 0.3 is 0 Å². The van der Waals surface area contributed by atoms with E-state index in [4.69, 9.17) is 4.74 Å². The molecule has 0 radical (unpaired) electrons. The summed E-state index contributed by atoms with van der Waals surface area (Å²) in [6.45, 7) is 2.20. The van der Waals surface area contributed by atoms with E-state index in [9.17, 15) is 0 Å². The lowest BCUT2D eigenvalue weighted by Gasteiger charge is -2.22. The van der Waals surface area contributed by atoms with Crippen LogP contribution in [0.1, 0.15) is 45.4 Å². The van der Waals surface area contributed by atoms with Gasteiger partial charge < -0.3 is 10.1 Å². The molecule has 0 spiro atoms. The van der Waals surface area contributed by atoms with Crippen LogP contribution < -0.4 is 5.32 Å². The number of nitrogens with one attached hydrogen (secondary N) is 1. The molecule has 2 heteroatoms. The van der Waals surface area contributed by atoms with E-state index >= 15 is 0 Å². The summed E-state index contributed by atoms with van der Waals surface area (Å²) in [7, 11) is 2.10. The van der Waals surface area contributed by atoms with E-state index in [1.807, 2.05) is 0 Å². The summed E-state index contributed by atoms with van der Waals surface area (Å²) in [6.07, 6.45) is 9.08. The van der Waals surface area contributed by atoms with Gasteiger partial charge in [0, 0.05) is 6.04 Å². The molecule has 2 rings (SSSR count). The van der Waals surface area contributed by atoms with Crippen molar-refractivity contribution in [2.75, 3.05) is 7.05 Å². The zero-order chi connectivity index (χ0) is 9.97. The Balaban J connectivity index is 1.79. The molecule has 1 aliphatic heterocycles. The maximum atomic E-state index is 5.89. The normalized spacial score (nSPS) is 43.3. The number of hydrogen-bond donors (Lipinski definition) is 1. The third-order valence-corrected chi connectivity index (χ3v) is 3.92. The molecule has 1 saturated carbocycles. The van der Waals surface area contributed by atoms with E-state index in [1.54, 1.807) is 0 Å². The first-order valence-corrected chi connectivity index (χ1v) is 6.12. The van der Waals surface area contributed by atoms with Gasteiger partial charge in [0.1, 0.15) is 0 Å². The van der Waals surface area contributed by atoms with E-state index in [1.165, 1.54) is 38.5 Å². The Morgan fingerprint density at radius 1 is 1.21 bits per heavy atom. The molecule has 1 N–H and O–H groups in total. The zero-order valence-electron chi connectivity index (χ0n) is 9.46. The molecule has 0 aromatic heterocycles. The van der Waals surface area contributed by atoms with Gasteiger partial charge in [0.05, 0.1) is 12.2 Å². The van der Waals surface area contributed by atoms with Crippen LogP contribution in [0.5, 0.6) is 0 Å². The monoisotopic (exact) mass is 197 g/mol. The summed E-state index contributed by atoms with van der Waals surface area (Å²) in [5.41, 5.74) is 0. The largest absolute Gasteiger partial charge is 0.375 e. The average molecular weight is 197 g/mol. The van der Waals surface area contributed by atoms with Crippen molar-refractivity contribution in [3.05, 3.63) is 0 Å². The SMILES string of the molecule is CNC1CCCC1CC1CCC(C)O1. The van der Waals surface area contributed by atoms with E-state index in [2.05, 4.69) is 19.3 Å². The Hall–Kier alpha value is -0.0800. The van der Waals surface area contributed by atoms with Gasteiger partial charge in [-0.05, 0) is 52.0 Å². The molecule has 2 nitrogen and oxygen atoms in total. The summed E-state index contributed by atoms with van der Waals surface area (Å²) < 4.78 is 5.89. The van der Waals surface area contributed by atoms with Crippen LogP contribution in [0, 0.1) is 5.92 Å². The smallest absolute Gasteiger partial charge is 0.0583 e. The zero-order valence-corrected chi connectivity index (χ0v) is 9.46. The fourth-order valence-corrected chi connectivity index (χ4v) is 3.10. The van der Waals surface area contributed by atoms with Crippen LogP contribution >= 0.6 is 0 Å².